The topological polar surface area (TPSA) is 46.6 Å². The summed E-state index contributed by atoms with van der Waals surface area (Å²) < 4.78 is 5.86. The van der Waals surface area contributed by atoms with Gasteiger partial charge in [-0.05, 0) is 118 Å². The maximum atomic E-state index is 12.5. The number of fused-ring (bicyclic) bond motifs is 5. The van der Waals surface area contributed by atoms with Crippen molar-refractivity contribution in [3.05, 3.63) is 23.5 Å². The average Bonchev–Trinajstić information content (AvgIpc) is 3.39. The minimum Gasteiger partial charge on any atom is -0.431 e. The first kappa shape index (κ1) is 22.4. The van der Waals surface area contributed by atoms with Crippen LogP contribution in [0.15, 0.2) is 23.5 Å². The number of hydrogen-bond acceptors (Lipinski definition) is 4. The normalized spacial score (nSPS) is 41.2. The molecular weight excluding hydrogens is 398 g/mol. The van der Waals surface area contributed by atoms with Crippen LogP contribution in [-0.2, 0) is 14.3 Å². The molecule has 0 spiro atoms. The van der Waals surface area contributed by atoms with Gasteiger partial charge in [-0.15, -0.1) is 0 Å². The number of carbonyl (C=O) groups excluding carboxylic acids is 2. The SMILES string of the molecule is CC(=O)C1=CCC2C3CCC4C=C(OC(=O)CCN5CCCC5)CCC4(C)C3CCC12C. The van der Waals surface area contributed by atoms with E-state index in [0.29, 0.717) is 23.7 Å². The number of rotatable bonds is 5. The lowest BCUT2D eigenvalue weighted by molar-refractivity contribution is -0.141. The van der Waals surface area contributed by atoms with E-state index >= 15 is 0 Å². The van der Waals surface area contributed by atoms with Crippen LogP contribution in [0.1, 0.15) is 85.0 Å². The summed E-state index contributed by atoms with van der Waals surface area (Å²) in [5.41, 5.74) is 1.51. The smallest absolute Gasteiger partial charge is 0.312 e. The van der Waals surface area contributed by atoms with Crippen molar-refractivity contribution in [2.45, 2.75) is 85.0 Å². The fourth-order valence-corrected chi connectivity index (χ4v) is 8.48. The van der Waals surface area contributed by atoms with Gasteiger partial charge in [0.1, 0.15) is 5.76 Å². The number of carbonyl (C=O) groups is 2. The minimum atomic E-state index is -0.0531. The summed E-state index contributed by atoms with van der Waals surface area (Å²) in [5, 5.41) is 0. The van der Waals surface area contributed by atoms with Gasteiger partial charge in [0.05, 0.1) is 6.42 Å². The van der Waals surface area contributed by atoms with Gasteiger partial charge in [0, 0.05) is 13.0 Å². The lowest BCUT2D eigenvalue weighted by atomic mass is 9.45. The molecule has 0 aromatic heterocycles. The van der Waals surface area contributed by atoms with E-state index in [1.165, 1.54) is 32.1 Å². The molecule has 0 aromatic carbocycles. The quantitative estimate of drug-likeness (QED) is 0.517. The Hall–Kier alpha value is -1.42. The number of ketones is 1. The highest BCUT2D eigenvalue weighted by atomic mass is 16.5. The van der Waals surface area contributed by atoms with Gasteiger partial charge in [-0.2, -0.15) is 0 Å². The third-order valence-electron chi connectivity index (χ3n) is 10.3. The Balaban J connectivity index is 1.24. The van der Waals surface area contributed by atoms with E-state index in [4.69, 9.17) is 4.74 Å². The predicted molar refractivity (Wildman–Crippen MR) is 126 cm³/mol. The molecule has 4 nitrogen and oxygen atoms in total. The molecule has 5 rings (SSSR count). The second kappa shape index (κ2) is 8.42. The van der Waals surface area contributed by atoms with Crippen LogP contribution in [-0.4, -0.2) is 36.3 Å². The zero-order valence-electron chi connectivity index (χ0n) is 20.3. The van der Waals surface area contributed by atoms with E-state index in [1.807, 2.05) is 0 Å². The molecule has 2 saturated carbocycles. The summed E-state index contributed by atoms with van der Waals surface area (Å²) in [4.78, 5) is 27.1. The van der Waals surface area contributed by atoms with Crippen molar-refractivity contribution in [1.29, 1.82) is 0 Å². The first-order valence-corrected chi connectivity index (χ1v) is 13.2. The fraction of sp³-hybridized carbons (Fsp3) is 0.786. The van der Waals surface area contributed by atoms with E-state index in [1.54, 1.807) is 6.92 Å². The van der Waals surface area contributed by atoms with Crippen molar-refractivity contribution >= 4 is 11.8 Å². The molecule has 0 aromatic rings. The van der Waals surface area contributed by atoms with Gasteiger partial charge in [-0.3, -0.25) is 9.59 Å². The molecule has 0 bridgehead atoms. The van der Waals surface area contributed by atoms with Crippen molar-refractivity contribution in [1.82, 2.24) is 4.90 Å². The second-order valence-electron chi connectivity index (χ2n) is 11.8. The van der Waals surface area contributed by atoms with Crippen LogP contribution in [0.4, 0.5) is 0 Å². The molecule has 0 amide bonds. The first-order valence-electron chi connectivity index (χ1n) is 13.2. The zero-order chi connectivity index (χ0) is 22.5. The van der Waals surface area contributed by atoms with Gasteiger partial charge in [-0.1, -0.05) is 19.9 Å². The van der Waals surface area contributed by atoms with Crippen molar-refractivity contribution in [2.24, 2.45) is 34.5 Å². The van der Waals surface area contributed by atoms with Crippen LogP contribution in [0, 0.1) is 34.5 Å². The van der Waals surface area contributed by atoms with Crippen LogP contribution in [0.2, 0.25) is 0 Å². The number of Topliss-reactive ketones (excluding diaryl/α,β-unsaturated/α-hetero) is 1. The fourth-order valence-electron chi connectivity index (χ4n) is 8.48. The van der Waals surface area contributed by atoms with E-state index in [2.05, 4.69) is 30.9 Å². The van der Waals surface area contributed by atoms with E-state index in [9.17, 15) is 9.59 Å². The largest absolute Gasteiger partial charge is 0.431 e. The summed E-state index contributed by atoms with van der Waals surface area (Å²) >= 11 is 0. The van der Waals surface area contributed by atoms with Gasteiger partial charge in [0.15, 0.2) is 5.78 Å². The van der Waals surface area contributed by atoms with Crippen LogP contribution in [0.25, 0.3) is 0 Å². The molecule has 4 heteroatoms. The number of nitrogens with zero attached hydrogens (tertiary/aromatic N) is 1. The molecule has 3 fully saturated rings. The molecule has 0 N–H and O–H groups in total. The van der Waals surface area contributed by atoms with Gasteiger partial charge >= 0.3 is 5.97 Å². The molecule has 4 aliphatic carbocycles. The van der Waals surface area contributed by atoms with Crippen LogP contribution in [0.5, 0.6) is 0 Å². The number of hydrogen-bond donors (Lipinski definition) is 0. The molecule has 6 atom stereocenters. The third-order valence-corrected chi connectivity index (χ3v) is 10.3. The van der Waals surface area contributed by atoms with E-state index in [0.717, 1.165) is 68.5 Å². The number of ether oxygens (including phenoxy) is 1. The predicted octanol–water partition coefficient (Wildman–Crippen LogP) is 5.68. The average molecular weight is 440 g/mol. The highest BCUT2D eigenvalue weighted by molar-refractivity contribution is 5.95. The maximum Gasteiger partial charge on any atom is 0.312 e. The zero-order valence-corrected chi connectivity index (χ0v) is 20.3. The molecule has 176 valence electrons. The third kappa shape index (κ3) is 3.71. The molecule has 32 heavy (non-hydrogen) atoms. The maximum absolute atomic E-state index is 12.5. The van der Waals surface area contributed by atoms with Crippen molar-refractivity contribution in [3.8, 4) is 0 Å². The molecule has 1 heterocycles. The minimum absolute atomic E-state index is 0.0531. The highest BCUT2D eigenvalue weighted by Gasteiger charge is 2.58. The Kier molecular flexibility index (Phi) is 5.89. The van der Waals surface area contributed by atoms with Crippen molar-refractivity contribution in [2.75, 3.05) is 19.6 Å². The van der Waals surface area contributed by atoms with Crippen LogP contribution in [0.3, 0.4) is 0 Å². The number of allylic oxidation sites excluding steroid dienone is 4. The summed E-state index contributed by atoms with van der Waals surface area (Å²) in [6.45, 7) is 9.72. The van der Waals surface area contributed by atoms with E-state index in [-0.39, 0.29) is 17.2 Å². The lowest BCUT2D eigenvalue weighted by Crippen LogP contribution is -2.52. The summed E-state index contributed by atoms with van der Waals surface area (Å²) in [5.74, 6) is 3.76. The summed E-state index contributed by atoms with van der Waals surface area (Å²) in [6, 6.07) is 0. The molecule has 0 radical (unpaired) electrons. The highest BCUT2D eigenvalue weighted by Crippen LogP contribution is 2.66. The standard InChI is InChI=1S/C28H41NO3/c1-19(30)23-8-9-24-22-7-6-20-18-21(32-26(31)12-17-29-15-4-5-16-29)10-13-27(20,2)25(22)11-14-28(23,24)3/h8,18,20,22,24-25H,4-7,9-17H2,1-3H3. The molecule has 1 aliphatic heterocycles. The molecule has 5 aliphatic rings. The molecule has 6 unspecified atom stereocenters. The Morgan fingerprint density at radius 2 is 1.88 bits per heavy atom. The van der Waals surface area contributed by atoms with E-state index < -0.39 is 0 Å². The first-order chi connectivity index (χ1) is 15.3. The lowest BCUT2D eigenvalue weighted by Gasteiger charge is -2.59. The summed E-state index contributed by atoms with van der Waals surface area (Å²) in [7, 11) is 0. The Morgan fingerprint density at radius 1 is 1.09 bits per heavy atom. The van der Waals surface area contributed by atoms with Gasteiger partial charge in [-0.25, -0.2) is 0 Å². The summed E-state index contributed by atoms with van der Waals surface area (Å²) in [6.07, 6.45) is 15.5. The van der Waals surface area contributed by atoms with Crippen molar-refractivity contribution < 1.29 is 14.3 Å². The van der Waals surface area contributed by atoms with Gasteiger partial charge in [0.25, 0.3) is 0 Å². The molecular formula is C28H41NO3. The Morgan fingerprint density at radius 3 is 2.62 bits per heavy atom. The van der Waals surface area contributed by atoms with Crippen molar-refractivity contribution in [3.63, 3.8) is 0 Å². The number of likely N-dealkylation sites (tertiary alicyclic amines) is 1. The number of esters is 1. The second-order valence-corrected chi connectivity index (χ2v) is 11.8. The Labute approximate surface area is 193 Å². The van der Waals surface area contributed by atoms with Crippen LogP contribution >= 0.6 is 0 Å². The van der Waals surface area contributed by atoms with Gasteiger partial charge < -0.3 is 9.64 Å². The van der Waals surface area contributed by atoms with Crippen LogP contribution < -0.4 is 0 Å². The van der Waals surface area contributed by atoms with Gasteiger partial charge in [0.2, 0.25) is 0 Å². The molecule has 1 saturated heterocycles. The Bertz CT molecular complexity index is 838. The monoisotopic (exact) mass is 439 g/mol.